The molecular weight excluding hydrogens is 266 g/mol. The zero-order valence-corrected chi connectivity index (χ0v) is 12.9. The van der Waals surface area contributed by atoms with Gasteiger partial charge in [-0.3, -0.25) is 4.18 Å². The molecule has 1 unspecified atom stereocenters. The fourth-order valence-electron chi connectivity index (χ4n) is 1.95. The highest BCUT2D eigenvalue weighted by molar-refractivity contribution is 7.86. The predicted molar refractivity (Wildman–Crippen MR) is 74.0 cm³/mol. The van der Waals surface area contributed by atoms with Crippen molar-refractivity contribution < 1.29 is 17.3 Å². The van der Waals surface area contributed by atoms with Crippen LogP contribution in [0, 0.1) is 0 Å². The Morgan fingerprint density at radius 3 is 2.53 bits per heavy atom. The zero-order valence-electron chi connectivity index (χ0n) is 12.1. The molecule has 1 fully saturated rings. The fourth-order valence-corrected chi connectivity index (χ4v) is 2.60. The Kier molecular flexibility index (Phi) is 5.07. The third kappa shape index (κ3) is 6.14. The van der Waals surface area contributed by atoms with Gasteiger partial charge in [-0.25, -0.2) is 0 Å². The molecule has 1 atom stereocenters. The first kappa shape index (κ1) is 16.1. The third-order valence-corrected chi connectivity index (χ3v) is 3.15. The van der Waals surface area contributed by atoms with Crippen molar-refractivity contribution in [3.05, 3.63) is 18.2 Å². The Bertz CT molecular complexity index is 458. The highest BCUT2D eigenvalue weighted by Gasteiger charge is 2.27. The van der Waals surface area contributed by atoms with Crippen LogP contribution in [-0.2, 0) is 19.0 Å². The van der Waals surface area contributed by atoms with Crippen molar-refractivity contribution in [2.24, 2.45) is 0 Å². The molecule has 5 nitrogen and oxygen atoms in total. The Hall–Kier alpha value is -0.970. The number of hydrogen-bond donors (Lipinski definition) is 0. The van der Waals surface area contributed by atoms with Gasteiger partial charge in [0.25, 0.3) is 10.1 Å². The quantitative estimate of drug-likeness (QED) is 0.449. The van der Waals surface area contributed by atoms with Gasteiger partial charge in [-0.05, 0) is 33.6 Å². The van der Waals surface area contributed by atoms with E-state index in [1.807, 2.05) is 25.7 Å². The lowest BCUT2D eigenvalue weighted by atomic mass is 10.1. The summed E-state index contributed by atoms with van der Waals surface area (Å²) in [6.07, 6.45) is 2.31. The number of ether oxygens (including phenoxy) is 1. The maximum atomic E-state index is 11.2. The third-order valence-electron chi connectivity index (χ3n) is 2.53. The minimum absolute atomic E-state index is 0.337. The molecule has 0 bridgehead atoms. The van der Waals surface area contributed by atoms with Crippen LogP contribution in [0.5, 0.6) is 0 Å². The van der Waals surface area contributed by atoms with Crippen LogP contribution in [0.1, 0.15) is 33.6 Å². The number of hydrogen-bond acceptors (Lipinski definition) is 5. The summed E-state index contributed by atoms with van der Waals surface area (Å²) in [5, 5.41) is 0. The number of rotatable bonds is 4. The predicted octanol–water partition coefficient (Wildman–Crippen LogP) is 1.87. The lowest BCUT2D eigenvalue weighted by Gasteiger charge is -2.36. The van der Waals surface area contributed by atoms with Crippen LogP contribution in [0.4, 0.5) is 0 Å². The van der Waals surface area contributed by atoms with Crippen molar-refractivity contribution in [1.29, 1.82) is 0 Å². The molecule has 0 amide bonds. The van der Waals surface area contributed by atoms with Crippen molar-refractivity contribution >= 4 is 10.1 Å². The van der Waals surface area contributed by atoms with E-state index in [9.17, 15) is 8.42 Å². The van der Waals surface area contributed by atoms with E-state index < -0.39 is 10.1 Å². The Labute approximate surface area is 116 Å². The lowest BCUT2D eigenvalue weighted by molar-refractivity contribution is -0.0165. The molecule has 19 heavy (non-hydrogen) atoms. The van der Waals surface area contributed by atoms with Crippen LogP contribution in [0.15, 0.2) is 18.2 Å². The molecule has 0 aromatic rings. The average Bonchev–Trinajstić information content (AvgIpc) is 2.22. The molecule has 6 heteroatoms. The minimum atomic E-state index is -3.43. The maximum Gasteiger partial charge on any atom is 0.264 e. The highest BCUT2D eigenvalue weighted by atomic mass is 32.2. The molecule has 0 saturated carbocycles. The second kappa shape index (κ2) is 5.99. The van der Waals surface area contributed by atoms with Gasteiger partial charge in [-0.15, -0.1) is 0 Å². The van der Waals surface area contributed by atoms with Gasteiger partial charge in [0.1, 0.15) is 5.60 Å². The molecule has 1 aliphatic heterocycles. The molecule has 0 radical (unpaired) electrons. The van der Waals surface area contributed by atoms with E-state index in [1.54, 1.807) is 0 Å². The molecule has 1 heterocycles. The lowest BCUT2D eigenvalue weighted by Crippen LogP contribution is -2.41. The van der Waals surface area contributed by atoms with Crippen molar-refractivity contribution in [3.63, 3.8) is 0 Å². The number of nitrogens with zero attached hydrogens (tertiary/aromatic N) is 1. The van der Waals surface area contributed by atoms with Gasteiger partial charge >= 0.3 is 0 Å². The Balaban J connectivity index is 2.71. The van der Waals surface area contributed by atoms with Crippen LogP contribution in [-0.4, -0.2) is 44.4 Å². The van der Waals surface area contributed by atoms with Crippen molar-refractivity contribution in [2.45, 2.75) is 45.3 Å². The smallest absolute Gasteiger partial charge is 0.264 e. The molecule has 0 aromatic heterocycles. The van der Waals surface area contributed by atoms with E-state index >= 15 is 0 Å². The van der Waals surface area contributed by atoms with Gasteiger partial charge in [0.15, 0.2) is 0 Å². The Morgan fingerprint density at radius 1 is 1.42 bits per heavy atom. The summed E-state index contributed by atoms with van der Waals surface area (Å²) in [5.41, 5.74) is 2.43. The summed E-state index contributed by atoms with van der Waals surface area (Å²) < 4.78 is 33.2. The molecule has 1 aliphatic rings. The molecular formula is C13H23NO4S. The van der Waals surface area contributed by atoms with Gasteiger partial charge in [0.2, 0.25) is 5.88 Å². The van der Waals surface area contributed by atoms with Gasteiger partial charge in [0.05, 0.1) is 12.4 Å². The van der Waals surface area contributed by atoms with Gasteiger partial charge in [-0.1, -0.05) is 12.3 Å². The van der Waals surface area contributed by atoms with Gasteiger partial charge in [-0.2, -0.15) is 8.42 Å². The van der Waals surface area contributed by atoms with Crippen LogP contribution in [0.25, 0.3) is 0 Å². The summed E-state index contributed by atoms with van der Waals surface area (Å²) in [4.78, 5) is 1.93. The molecule has 1 rings (SSSR count). The summed E-state index contributed by atoms with van der Waals surface area (Å²) in [7, 11) is -3.43. The second-order valence-corrected chi connectivity index (χ2v) is 7.31. The monoisotopic (exact) mass is 289 g/mol. The van der Waals surface area contributed by atoms with Crippen molar-refractivity contribution in [2.75, 3.05) is 19.3 Å². The van der Waals surface area contributed by atoms with E-state index in [1.165, 1.54) is 0 Å². The molecule has 0 aliphatic carbocycles. The van der Waals surface area contributed by atoms with E-state index in [-0.39, 0.29) is 11.7 Å². The highest BCUT2D eigenvalue weighted by Crippen LogP contribution is 2.22. The van der Waals surface area contributed by atoms with Crippen molar-refractivity contribution in [3.8, 4) is 0 Å². The average molecular weight is 289 g/mol. The first-order valence-corrected chi connectivity index (χ1v) is 8.14. The topological polar surface area (TPSA) is 55.8 Å². The summed E-state index contributed by atoms with van der Waals surface area (Å²) >= 11 is 0. The van der Waals surface area contributed by atoms with Gasteiger partial charge < -0.3 is 9.64 Å². The summed E-state index contributed by atoms with van der Waals surface area (Å²) in [6, 6.07) is 0. The normalized spacial score (nSPS) is 20.8. The molecule has 1 saturated heterocycles. The first-order chi connectivity index (χ1) is 8.61. The van der Waals surface area contributed by atoms with Gasteiger partial charge in [0, 0.05) is 13.1 Å². The first-order valence-electron chi connectivity index (χ1n) is 6.33. The number of piperidine rings is 1. The number of likely N-dealkylation sites (tertiary alicyclic amines) is 1. The molecule has 0 N–H and O–H groups in total. The molecule has 0 spiro atoms. The van der Waals surface area contributed by atoms with E-state index in [0.717, 1.165) is 25.6 Å². The van der Waals surface area contributed by atoms with Crippen LogP contribution in [0.2, 0.25) is 0 Å². The summed E-state index contributed by atoms with van der Waals surface area (Å²) in [6.45, 7) is 10.7. The van der Waals surface area contributed by atoms with Crippen molar-refractivity contribution in [1.82, 2.24) is 4.90 Å². The Morgan fingerprint density at radius 2 is 2.05 bits per heavy atom. The van der Waals surface area contributed by atoms with E-state index in [2.05, 4.69) is 12.3 Å². The zero-order chi connectivity index (χ0) is 14.7. The summed E-state index contributed by atoms with van der Waals surface area (Å²) in [5.74, 6) is 0.550. The van der Waals surface area contributed by atoms with E-state index in [4.69, 9.17) is 8.92 Å². The largest absolute Gasteiger partial charge is 0.468 e. The standard InChI is InChI=1S/C13H23NO4S/c1-6-12(17-13(2,3)4)14-9-7-8-11(10-14)18-19(5,15)16/h11H,1,7-10H2,2-5H3. The molecule has 0 aromatic carbocycles. The van der Waals surface area contributed by atoms with Crippen LogP contribution < -0.4 is 0 Å². The SMILES string of the molecule is C=C=C(OC(C)(C)C)N1CCCC(OS(C)(=O)=O)C1. The van der Waals surface area contributed by atoms with Crippen LogP contribution in [0.3, 0.4) is 0 Å². The minimum Gasteiger partial charge on any atom is -0.468 e. The maximum absolute atomic E-state index is 11.2. The van der Waals surface area contributed by atoms with Crippen LogP contribution >= 0.6 is 0 Å². The fraction of sp³-hybridized carbons (Fsp3) is 0.769. The molecule has 110 valence electrons. The second-order valence-electron chi connectivity index (χ2n) is 5.71. The van der Waals surface area contributed by atoms with E-state index in [0.29, 0.717) is 12.4 Å².